The molecule has 88 valence electrons. The van der Waals surface area contributed by atoms with Gasteiger partial charge in [-0.2, -0.15) is 0 Å². The molecule has 1 aromatic heterocycles. The predicted octanol–water partition coefficient (Wildman–Crippen LogP) is 1.41. The second-order valence-electron chi connectivity index (χ2n) is 4.27. The Morgan fingerprint density at radius 2 is 2.44 bits per heavy atom. The van der Waals surface area contributed by atoms with Crippen LogP contribution in [-0.4, -0.2) is 37.0 Å². The average molecular weight is 222 g/mol. The van der Waals surface area contributed by atoms with Crippen molar-refractivity contribution in [2.24, 2.45) is 0 Å². The molecule has 16 heavy (non-hydrogen) atoms. The van der Waals surface area contributed by atoms with E-state index in [-0.39, 0.29) is 5.91 Å². The number of nitrogens with zero attached hydrogens (tertiary/aromatic N) is 1. The summed E-state index contributed by atoms with van der Waals surface area (Å²) in [6.07, 6.45) is 3.78. The number of furan rings is 1. The molecule has 0 radical (unpaired) electrons. The number of nitrogens with one attached hydrogen (secondary N) is 1. The van der Waals surface area contributed by atoms with E-state index in [4.69, 9.17) is 4.42 Å². The summed E-state index contributed by atoms with van der Waals surface area (Å²) in [7, 11) is 1.95. The number of amides is 1. The van der Waals surface area contributed by atoms with Gasteiger partial charge in [0.05, 0.1) is 11.8 Å². The van der Waals surface area contributed by atoms with Crippen LogP contribution in [0, 0.1) is 6.92 Å². The summed E-state index contributed by atoms with van der Waals surface area (Å²) in [5.41, 5.74) is 0.691. The van der Waals surface area contributed by atoms with Crippen LogP contribution >= 0.6 is 0 Å². The van der Waals surface area contributed by atoms with E-state index in [1.807, 2.05) is 18.9 Å². The maximum Gasteiger partial charge on any atom is 0.257 e. The third-order valence-corrected chi connectivity index (χ3v) is 3.21. The van der Waals surface area contributed by atoms with Crippen LogP contribution in [0.1, 0.15) is 29.0 Å². The maximum absolute atomic E-state index is 12.2. The third-order valence-electron chi connectivity index (χ3n) is 3.21. The fraction of sp³-hybridized carbons (Fsp3) is 0.583. The quantitative estimate of drug-likeness (QED) is 0.823. The number of likely N-dealkylation sites (tertiary alicyclic amines) is 1. The number of aryl methyl sites for hydroxylation is 1. The normalized spacial score (nSPS) is 21.1. The van der Waals surface area contributed by atoms with E-state index in [1.54, 1.807) is 12.3 Å². The van der Waals surface area contributed by atoms with Crippen molar-refractivity contribution < 1.29 is 9.21 Å². The smallest absolute Gasteiger partial charge is 0.257 e. The molecule has 1 fully saturated rings. The van der Waals surface area contributed by atoms with Gasteiger partial charge < -0.3 is 14.6 Å². The second kappa shape index (κ2) is 4.70. The van der Waals surface area contributed by atoms with Crippen LogP contribution in [0.25, 0.3) is 0 Å². The molecular weight excluding hydrogens is 204 g/mol. The van der Waals surface area contributed by atoms with E-state index >= 15 is 0 Å². The number of carbonyl (C=O) groups excluding carboxylic acids is 1. The SMILES string of the molecule is CNC1CCCN(C(=O)c2ccoc2C)C1. The summed E-state index contributed by atoms with van der Waals surface area (Å²) < 4.78 is 5.17. The Hall–Kier alpha value is -1.29. The van der Waals surface area contributed by atoms with Crippen LogP contribution in [0.2, 0.25) is 0 Å². The first-order valence-corrected chi connectivity index (χ1v) is 5.73. The Labute approximate surface area is 95.6 Å². The molecule has 1 aliphatic rings. The zero-order valence-electron chi connectivity index (χ0n) is 9.82. The minimum atomic E-state index is 0.0891. The molecule has 0 spiro atoms. The molecule has 0 saturated carbocycles. The molecule has 1 aliphatic heterocycles. The number of piperidine rings is 1. The first-order valence-electron chi connectivity index (χ1n) is 5.73. The first kappa shape index (κ1) is 11.2. The van der Waals surface area contributed by atoms with Crippen LogP contribution < -0.4 is 5.32 Å². The molecule has 1 amide bonds. The summed E-state index contributed by atoms with van der Waals surface area (Å²) in [5, 5.41) is 3.23. The zero-order chi connectivity index (χ0) is 11.5. The van der Waals surface area contributed by atoms with Gasteiger partial charge in [0.25, 0.3) is 5.91 Å². The monoisotopic (exact) mass is 222 g/mol. The first-order chi connectivity index (χ1) is 7.72. The summed E-state index contributed by atoms with van der Waals surface area (Å²) in [6.45, 7) is 3.47. The highest BCUT2D eigenvalue weighted by atomic mass is 16.3. The van der Waals surface area contributed by atoms with Crippen molar-refractivity contribution in [2.45, 2.75) is 25.8 Å². The zero-order valence-corrected chi connectivity index (χ0v) is 9.82. The molecule has 1 saturated heterocycles. The van der Waals surface area contributed by atoms with Gasteiger partial charge in [0.15, 0.2) is 0 Å². The van der Waals surface area contributed by atoms with Crippen molar-refractivity contribution >= 4 is 5.91 Å². The van der Waals surface area contributed by atoms with Gasteiger partial charge >= 0.3 is 0 Å². The Morgan fingerprint density at radius 1 is 1.62 bits per heavy atom. The average Bonchev–Trinajstić information content (AvgIpc) is 2.74. The van der Waals surface area contributed by atoms with E-state index in [1.165, 1.54) is 0 Å². The molecule has 1 N–H and O–H groups in total. The highest BCUT2D eigenvalue weighted by Gasteiger charge is 2.25. The number of hydrogen-bond donors (Lipinski definition) is 1. The van der Waals surface area contributed by atoms with Gasteiger partial charge in [-0.15, -0.1) is 0 Å². The van der Waals surface area contributed by atoms with Crippen molar-refractivity contribution in [1.29, 1.82) is 0 Å². The van der Waals surface area contributed by atoms with Gasteiger partial charge in [0.1, 0.15) is 5.76 Å². The lowest BCUT2D eigenvalue weighted by atomic mass is 10.0. The van der Waals surface area contributed by atoms with E-state index in [0.29, 0.717) is 17.4 Å². The van der Waals surface area contributed by atoms with Crippen molar-refractivity contribution in [1.82, 2.24) is 10.2 Å². The molecule has 2 heterocycles. The van der Waals surface area contributed by atoms with Gasteiger partial charge in [-0.25, -0.2) is 0 Å². The topological polar surface area (TPSA) is 45.5 Å². The summed E-state index contributed by atoms with van der Waals surface area (Å²) in [5.74, 6) is 0.794. The molecule has 1 aromatic rings. The number of carbonyl (C=O) groups is 1. The van der Waals surface area contributed by atoms with Crippen LogP contribution in [0.15, 0.2) is 16.7 Å². The molecule has 2 rings (SSSR count). The molecule has 4 heteroatoms. The van der Waals surface area contributed by atoms with Crippen molar-refractivity contribution in [3.05, 3.63) is 23.7 Å². The molecule has 0 aliphatic carbocycles. The minimum Gasteiger partial charge on any atom is -0.469 e. The highest BCUT2D eigenvalue weighted by molar-refractivity contribution is 5.95. The van der Waals surface area contributed by atoms with Gasteiger partial charge in [0.2, 0.25) is 0 Å². The van der Waals surface area contributed by atoms with Gasteiger partial charge in [-0.1, -0.05) is 0 Å². The van der Waals surface area contributed by atoms with E-state index in [9.17, 15) is 4.79 Å². The van der Waals surface area contributed by atoms with Crippen LogP contribution in [0.3, 0.4) is 0 Å². The van der Waals surface area contributed by atoms with Gasteiger partial charge in [-0.3, -0.25) is 4.79 Å². The Kier molecular flexibility index (Phi) is 3.29. The summed E-state index contributed by atoms with van der Waals surface area (Å²) >= 11 is 0. The molecule has 4 nitrogen and oxygen atoms in total. The van der Waals surface area contributed by atoms with Crippen molar-refractivity contribution in [3.63, 3.8) is 0 Å². The highest BCUT2D eigenvalue weighted by Crippen LogP contribution is 2.16. The van der Waals surface area contributed by atoms with Crippen LogP contribution in [-0.2, 0) is 0 Å². The molecule has 1 atom stereocenters. The van der Waals surface area contributed by atoms with Crippen LogP contribution in [0.5, 0.6) is 0 Å². The third kappa shape index (κ3) is 2.11. The van der Waals surface area contributed by atoms with Gasteiger partial charge in [0, 0.05) is 19.1 Å². The lowest BCUT2D eigenvalue weighted by Crippen LogP contribution is -2.47. The largest absolute Gasteiger partial charge is 0.469 e. The van der Waals surface area contributed by atoms with Gasteiger partial charge in [-0.05, 0) is 32.9 Å². The van der Waals surface area contributed by atoms with Crippen molar-refractivity contribution in [3.8, 4) is 0 Å². The lowest BCUT2D eigenvalue weighted by molar-refractivity contribution is 0.0696. The lowest BCUT2D eigenvalue weighted by Gasteiger charge is -2.32. The number of likely N-dealkylation sites (N-methyl/N-ethyl adjacent to an activating group) is 1. The Balaban J connectivity index is 2.07. The minimum absolute atomic E-state index is 0.0891. The van der Waals surface area contributed by atoms with E-state index in [0.717, 1.165) is 25.9 Å². The summed E-state index contributed by atoms with van der Waals surface area (Å²) in [6, 6.07) is 2.17. The predicted molar refractivity (Wildman–Crippen MR) is 61.4 cm³/mol. The maximum atomic E-state index is 12.2. The number of rotatable bonds is 2. The Morgan fingerprint density at radius 3 is 3.06 bits per heavy atom. The number of hydrogen-bond acceptors (Lipinski definition) is 3. The summed E-state index contributed by atoms with van der Waals surface area (Å²) in [4.78, 5) is 14.1. The fourth-order valence-corrected chi connectivity index (χ4v) is 2.17. The Bertz CT molecular complexity index is 373. The fourth-order valence-electron chi connectivity index (χ4n) is 2.17. The second-order valence-corrected chi connectivity index (χ2v) is 4.27. The molecule has 0 bridgehead atoms. The molecule has 1 unspecified atom stereocenters. The molecular formula is C12H18N2O2. The van der Waals surface area contributed by atoms with Crippen LogP contribution in [0.4, 0.5) is 0 Å². The standard InChI is InChI=1S/C12H18N2O2/c1-9-11(5-7-16-9)12(15)14-6-3-4-10(8-14)13-2/h5,7,10,13H,3-4,6,8H2,1-2H3. The van der Waals surface area contributed by atoms with E-state index in [2.05, 4.69) is 5.32 Å². The van der Waals surface area contributed by atoms with E-state index < -0.39 is 0 Å². The van der Waals surface area contributed by atoms with Crippen molar-refractivity contribution in [2.75, 3.05) is 20.1 Å². The molecule has 0 aromatic carbocycles.